The maximum atomic E-state index is 8.65. The van der Waals surface area contributed by atoms with Crippen LogP contribution < -0.4 is 5.32 Å². The van der Waals surface area contributed by atoms with Gasteiger partial charge in [0.25, 0.3) is 0 Å². The van der Waals surface area contributed by atoms with Gasteiger partial charge in [-0.05, 0) is 19.5 Å². The van der Waals surface area contributed by atoms with Crippen LogP contribution in [0.1, 0.15) is 77.6 Å². The van der Waals surface area contributed by atoms with E-state index in [1.165, 1.54) is 64.2 Å². The average Bonchev–Trinajstić information content (AvgIpc) is 2.34. The molecule has 0 rings (SSSR count). The van der Waals surface area contributed by atoms with Crippen LogP contribution in [0.15, 0.2) is 0 Å². The van der Waals surface area contributed by atoms with E-state index in [4.69, 9.17) is 10.2 Å². The highest BCUT2D eigenvalue weighted by Crippen LogP contribution is 2.10. The summed E-state index contributed by atoms with van der Waals surface area (Å²) in [5, 5.41) is 20.5. The van der Waals surface area contributed by atoms with Gasteiger partial charge in [-0.3, -0.25) is 0 Å². The molecule has 3 nitrogen and oxygen atoms in total. The number of aliphatic hydroxyl groups excluding tert-OH is 1. The molecule has 0 aromatic carbocycles. The molecule has 0 aromatic heterocycles. The lowest BCUT2D eigenvalue weighted by atomic mass is 10.1. The minimum Gasteiger partial charge on any atom is -0.368 e. The first kappa shape index (κ1) is 17.9. The maximum Gasteiger partial charge on any atom is 0.152 e. The molecule has 110 valence electrons. The van der Waals surface area contributed by atoms with Crippen molar-refractivity contribution in [2.45, 2.75) is 83.8 Å². The van der Waals surface area contributed by atoms with Gasteiger partial charge in [0.1, 0.15) is 0 Å². The Balaban J connectivity index is 2.90. The molecule has 0 radical (unpaired) electrons. The zero-order chi connectivity index (χ0) is 13.5. The fraction of sp³-hybridized carbons (Fsp3) is 1.00. The van der Waals surface area contributed by atoms with Crippen LogP contribution in [-0.4, -0.2) is 29.6 Å². The topological polar surface area (TPSA) is 52.5 Å². The minimum absolute atomic E-state index is 0.428. The first-order valence-electron chi connectivity index (χ1n) is 7.84. The van der Waals surface area contributed by atoms with Gasteiger partial charge in [0.05, 0.1) is 0 Å². The molecule has 0 amide bonds. The van der Waals surface area contributed by atoms with Crippen LogP contribution in [0.4, 0.5) is 0 Å². The summed E-state index contributed by atoms with van der Waals surface area (Å²) < 4.78 is 0. The highest BCUT2D eigenvalue weighted by atomic mass is 16.5. The van der Waals surface area contributed by atoms with Gasteiger partial charge in [-0.15, -0.1) is 0 Å². The Morgan fingerprint density at radius 2 is 1.22 bits per heavy atom. The number of unbranched alkanes of at least 4 members (excludes halogenated alkanes) is 9. The van der Waals surface area contributed by atoms with Crippen LogP contribution >= 0.6 is 0 Å². The van der Waals surface area contributed by atoms with Crippen LogP contribution in [-0.2, 0) is 0 Å². The molecule has 0 saturated heterocycles. The first-order chi connectivity index (χ1) is 8.77. The van der Waals surface area contributed by atoms with Crippen LogP contribution in [0.5, 0.6) is 0 Å². The highest BCUT2D eigenvalue weighted by Gasteiger charge is 1.96. The third-order valence-corrected chi connectivity index (χ3v) is 3.29. The zero-order valence-corrected chi connectivity index (χ0v) is 12.2. The molecule has 0 atom stereocenters. The van der Waals surface area contributed by atoms with E-state index in [2.05, 4.69) is 12.2 Å². The molecule has 0 spiro atoms. The Morgan fingerprint density at radius 3 is 1.72 bits per heavy atom. The summed E-state index contributed by atoms with van der Waals surface area (Å²) in [7, 11) is 0. The number of nitrogens with one attached hydrogen (secondary N) is 1. The lowest BCUT2D eigenvalue weighted by Crippen LogP contribution is -2.21. The number of aliphatic hydroxyl groups is 2. The molecular weight excluding hydrogens is 226 g/mol. The summed E-state index contributed by atoms with van der Waals surface area (Å²) in [6.45, 7) is 3.97. The van der Waals surface area contributed by atoms with E-state index >= 15 is 0 Å². The van der Waals surface area contributed by atoms with Gasteiger partial charge in [-0.2, -0.15) is 0 Å². The molecule has 0 aromatic rings. The van der Waals surface area contributed by atoms with Gasteiger partial charge < -0.3 is 15.5 Å². The third kappa shape index (κ3) is 15.9. The maximum absolute atomic E-state index is 8.65. The van der Waals surface area contributed by atoms with Gasteiger partial charge in [0.2, 0.25) is 0 Å². The lowest BCUT2D eigenvalue weighted by Gasteiger charge is -2.06. The summed E-state index contributed by atoms with van der Waals surface area (Å²) in [6, 6.07) is 0. The summed E-state index contributed by atoms with van der Waals surface area (Å²) >= 11 is 0. The van der Waals surface area contributed by atoms with E-state index in [-0.39, 0.29) is 0 Å². The van der Waals surface area contributed by atoms with Gasteiger partial charge in [0, 0.05) is 6.42 Å². The Hall–Kier alpha value is -0.120. The monoisotopic (exact) mass is 259 g/mol. The lowest BCUT2D eigenvalue weighted by molar-refractivity contribution is -0.0443. The summed E-state index contributed by atoms with van der Waals surface area (Å²) in [5.41, 5.74) is 0. The van der Waals surface area contributed by atoms with Crippen molar-refractivity contribution in [1.29, 1.82) is 0 Å². The second-order valence-corrected chi connectivity index (χ2v) is 5.20. The van der Waals surface area contributed by atoms with E-state index in [0.717, 1.165) is 6.54 Å². The van der Waals surface area contributed by atoms with Crippen molar-refractivity contribution >= 4 is 0 Å². The van der Waals surface area contributed by atoms with E-state index in [1.807, 2.05) is 0 Å². The molecule has 0 saturated carbocycles. The van der Waals surface area contributed by atoms with Gasteiger partial charge in [-0.25, -0.2) is 0 Å². The molecule has 3 heteroatoms. The van der Waals surface area contributed by atoms with Crippen molar-refractivity contribution in [2.24, 2.45) is 0 Å². The molecule has 0 unspecified atom stereocenters. The summed E-state index contributed by atoms with van der Waals surface area (Å²) in [6.07, 6.45) is 12.9. The van der Waals surface area contributed by atoms with Crippen LogP contribution in [0.3, 0.4) is 0 Å². The second kappa shape index (κ2) is 14.9. The van der Waals surface area contributed by atoms with Crippen LogP contribution in [0, 0.1) is 0 Å². The molecule has 0 aliphatic carbocycles. The van der Waals surface area contributed by atoms with Crippen LogP contribution in [0.2, 0.25) is 0 Å². The van der Waals surface area contributed by atoms with Gasteiger partial charge in [0.15, 0.2) is 6.29 Å². The molecule has 18 heavy (non-hydrogen) atoms. The molecule has 0 fully saturated rings. The largest absolute Gasteiger partial charge is 0.368 e. The average molecular weight is 259 g/mol. The van der Waals surface area contributed by atoms with E-state index in [1.54, 1.807) is 0 Å². The summed E-state index contributed by atoms with van der Waals surface area (Å²) in [5.74, 6) is 0. The Labute approximate surface area is 113 Å². The molecule has 0 bridgehead atoms. The van der Waals surface area contributed by atoms with Crippen molar-refractivity contribution in [3.63, 3.8) is 0 Å². The Kier molecular flexibility index (Phi) is 14.8. The SMILES string of the molecule is CCCCCCCCCCCCNCCC(O)O. The highest BCUT2D eigenvalue weighted by molar-refractivity contribution is 4.51. The van der Waals surface area contributed by atoms with Crippen molar-refractivity contribution in [1.82, 2.24) is 5.32 Å². The Bertz CT molecular complexity index is 151. The number of rotatable bonds is 14. The summed E-state index contributed by atoms with van der Waals surface area (Å²) in [4.78, 5) is 0. The molecule has 0 aliphatic rings. The standard InChI is InChI=1S/C15H33NO2/c1-2-3-4-5-6-7-8-9-10-11-13-16-14-12-15(17)18/h15-18H,2-14H2,1H3. The van der Waals surface area contributed by atoms with Crippen molar-refractivity contribution in [3.8, 4) is 0 Å². The van der Waals surface area contributed by atoms with Gasteiger partial charge >= 0.3 is 0 Å². The quantitative estimate of drug-likeness (QED) is 0.332. The fourth-order valence-corrected chi connectivity index (χ4v) is 2.09. The van der Waals surface area contributed by atoms with Gasteiger partial charge in [-0.1, -0.05) is 64.7 Å². The molecule has 3 N–H and O–H groups in total. The molecule has 0 aliphatic heterocycles. The fourth-order valence-electron chi connectivity index (χ4n) is 2.09. The van der Waals surface area contributed by atoms with Crippen LogP contribution in [0.25, 0.3) is 0 Å². The van der Waals surface area contributed by atoms with Crippen molar-refractivity contribution in [3.05, 3.63) is 0 Å². The zero-order valence-electron chi connectivity index (χ0n) is 12.2. The predicted molar refractivity (Wildman–Crippen MR) is 77.6 cm³/mol. The number of hydrogen-bond acceptors (Lipinski definition) is 3. The van der Waals surface area contributed by atoms with Crippen molar-refractivity contribution in [2.75, 3.05) is 13.1 Å². The minimum atomic E-state index is -1.16. The molecular formula is C15H33NO2. The normalized spacial score (nSPS) is 11.3. The molecule has 0 heterocycles. The number of hydrogen-bond donors (Lipinski definition) is 3. The third-order valence-electron chi connectivity index (χ3n) is 3.29. The van der Waals surface area contributed by atoms with Crippen molar-refractivity contribution < 1.29 is 10.2 Å². The predicted octanol–water partition coefficient (Wildman–Crippen LogP) is 3.20. The first-order valence-corrected chi connectivity index (χ1v) is 7.84. The Morgan fingerprint density at radius 1 is 0.722 bits per heavy atom. The second-order valence-electron chi connectivity index (χ2n) is 5.20. The van der Waals surface area contributed by atoms with E-state index < -0.39 is 6.29 Å². The van der Waals surface area contributed by atoms with E-state index in [9.17, 15) is 0 Å². The smallest absolute Gasteiger partial charge is 0.152 e. The van der Waals surface area contributed by atoms with E-state index in [0.29, 0.717) is 13.0 Å².